The van der Waals surface area contributed by atoms with Gasteiger partial charge in [-0.2, -0.15) is 0 Å². The SMILES string of the molecule is Cc1cc(N)c(OC(N)=O)c(F)c1. The van der Waals surface area contributed by atoms with Crippen LogP contribution in [0.15, 0.2) is 12.1 Å². The second-order valence-electron chi connectivity index (χ2n) is 2.59. The molecule has 0 heterocycles. The van der Waals surface area contributed by atoms with Gasteiger partial charge in [-0.15, -0.1) is 0 Å². The third-order valence-corrected chi connectivity index (χ3v) is 1.42. The molecule has 4 N–H and O–H groups in total. The molecule has 1 amide bonds. The maximum atomic E-state index is 13.1. The van der Waals surface area contributed by atoms with Crippen LogP contribution in [0.25, 0.3) is 0 Å². The van der Waals surface area contributed by atoms with Crippen LogP contribution in [-0.4, -0.2) is 6.09 Å². The van der Waals surface area contributed by atoms with Gasteiger partial charge >= 0.3 is 6.09 Å². The Morgan fingerprint density at radius 2 is 2.15 bits per heavy atom. The van der Waals surface area contributed by atoms with Crippen molar-refractivity contribution in [2.45, 2.75) is 6.92 Å². The van der Waals surface area contributed by atoms with Gasteiger partial charge in [-0.25, -0.2) is 9.18 Å². The zero-order chi connectivity index (χ0) is 10.0. The van der Waals surface area contributed by atoms with Gasteiger partial charge in [0.15, 0.2) is 11.6 Å². The molecule has 0 spiro atoms. The average Bonchev–Trinajstić information content (AvgIpc) is 1.96. The van der Waals surface area contributed by atoms with E-state index in [1.165, 1.54) is 12.1 Å². The molecule has 0 aliphatic heterocycles. The lowest BCUT2D eigenvalue weighted by atomic mass is 10.2. The third-order valence-electron chi connectivity index (χ3n) is 1.42. The first-order valence-corrected chi connectivity index (χ1v) is 3.53. The van der Waals surface area contributed by atoms with E-state index in [0.29, 0.717) is 5.56 Å². The summed E-state index contributed by atoms with van der Waals surface area (Å²) in [6.45, 7) is 1.67. The summed E-state index contributed by atoms with van der Waals surface area (Å²) < 4.78 is 17.4. The molecule has 0 atom stereocenters. The highest BCUT2D eigenvalue weighted by atomic mass is 19.1. The van der Waals surface area contributed by atoms with E-state index in [4.69, 9.17) is 11.5 Å². The lowest BCUT2D eigenvalue weighted by Gasteiger charge is -2.06. The summed E-state index contributed by atoms with van der Waals surface area (Å²) in [6, 6.07) is 2.69. The fraction of sp³-hybridized carbons (Fsp3) is 0.125. The minimum atomic E-state index is -1.09. The van der Waals surface area contributed by atoms with E-state index in [9.17, 15) is 9.18 Å². The molecule has 0 aliphatic rings. The van der Waals surface area contributed by atoms with Gasteiger partial charge in [0.1, 0.15) is 0 Å². The fourth-order valence-corrected chi connectivity index (χ4v) is 0.964. The number of anilines is 1. The van der Waals surface area contributed by atoms with Gasteiger partial charge < -0.3 is 16.2 Å². The maximum absolute atomic E-state index is 13.1. The number of aryl methyl sites for hydroxylation is 1. The van der Waals surface area contributed by atoms with Crippen LogP contribution in [0, 0.1) is 12.7 Å². The van der Waals surface area contributed by atoms with Crippen LogP contribution < -0.4 is 16.2 Å². The highest BCUT2D eigenvalue weighted by molar-refractivity contribution is 5.71. The summed E-state index contributed by atoms with van der Waals surface area (Å²) in [4.78, 5) is 10.3. The van der Waals surface area contributed by atoms with E-state index in [1.807, 2.05) is 0 Å². The van der Waals surface area contributed by atoms with E-state index in [-0.39, 0.29) is 11.4 Å². The molecule has 0 saturated heterocycles. The Balaban J connectivity index is 3.13. The number of nitrogen functional groups attached to an aromatic ring is 1. The molecule has 13 heavy (non-hydrogen) atoms. The van der Waals surface area contributed by atoms with Gasteiger partial charge in [-0.3, -0.25) is 0 Å². The highest BCUT2D eigenvalue weighted by Gasteiger charge is 2.11. The largest absolute Gasteiger partial charge is 0.410 e. The average molecular weight is 184 g/mol. The number of hydrogen-bond donors (Lipinski definition) is 2. The van der Waals surface area contributed by atoms with Crippen molar-refractivity contribution in [1.29, 1.82) is 0 Å². The molecule has 0 saturated carbocycles. The molecule has 0 aliphatic carbocycles. The Morgan fingerprint density at radius 3 is 2.62 bits per heavy atom. The summed E-state index contributed by atoms with van der Waals surface area (Å²) in [5.41, 5.74) is 10.8. The quantitative estimate of drug-likeness (QED) is 0.643. The first-order chi connectivity index (χ1) is 6.00. The van der Waals surface area contributed by atoms with Gasteiger partial charge in [0.2, 0.25) is 0 Å². The molecular weight excluding hydrogens is 175 g/mol. The lowest BCUT2D eigenvalue weighted by molar-refractivity contribution is 0.209. The summed E-state index contributed by atoms with van der Waals surface area (Å²) in [6.07, 6.45) is -1.09. The van der Waals surface area contributed by atoms with Crippen LogP contribution in [0.5, 0.6) is 5.75 Å². The molecule has 70 valence electrons. The molecule has 1 aromatic carbocycles. The zero-order valence-electron chi connectivity index (χ0n) is 7.00. The number of rotatable bonds is 1. The van der Waals surface area contributed by atoms with Crippen molar-refractivity contribution in [2.24, 2.45) is 5.73 Å². The van der Waals surface area contributed by atoms with Gasteiger partial charge in [0, 0.05) is 0 Å². The maximum Gasteiger partial charge on any atom is 0.410 e. The third kappa shape index (κ3) is 2.08. The fourth-order valence-electron chi connectivity index (χ4n) is 0.964. The van der Waals surface area contributed by atoms with Crippen LogP contribution in [0.2, 0.25) is 0 Å². The summed E-state index contributed by atoms with van der Waals surface area (Å²) >= 11 is 0. The van der Waals surface area contributed by atoms with Crippen molar-refractivity contribution < 1.29 is 13.9 Å². The van der Waals surface area contributed by atoms with Crippen LogP contribution in [0.1, 0.15) is 5.56 Å². The molecule has 0 bridgehead atoms. The van der Waals surface area contributed by atoms with E-state index in [2.05, 4.69) is 4.74 Å². The molecule has 0 aromatic heterocycles. The smallest absolute Gasteiger partial charge is 0.405 e. The first-order valence-electron chi connectivity index (χ1n) is 3.53. The summed E-state index contributed by atoms with van der Waals surface area (Å²) in [5.74, 6) is -1.02. The molecule has 5 heteroatoms. The summed E-state index contributed by atoms with van der Waals surface area (Å²) in [7, 11) is 0. The number of carbonyl (C=O) groups is 1. The minimum absolute atomic E-state index is 0.0521. The van der Waals surface area contributed by atoms with Crippen molar-refractivity contribution in [3.8, 4) is 5.75 Å². The van der Waals surface area contributed by atoms with Gasteiger partial charge in [0.25, 0.3) is 0 Å². The number of nitrogens with two attached hydrogens (primary N) is 2. The van der Waals surface area contributed by atoms with Crippen molar-refractivity contribution in [3.63, 3.8) is 0 Å². The number of halogens is 1. The molecule has 0 fully saturated rings. The van der Waals surface area contributed by atoms with E-state index in [1.54, 1.807) is 6.92 Å². The number of carbonyl (C=O) groups excluding carboxylic acids is 1. The van der Waals surface area contributed by atoms with Gasteiger partial charge in [-0.05, 0) is 24.6 Å². The monoisotopic (exact) mass is 184 g/mol. The van der Waals surface area contributed by atoms with Gasteiger partial charge in [-0.1, -0.05) is 0 Å². The van der Waals surface area contributed by atoms with Crippen molar-refractivity contribution in [3.05, 3.63) is 23.5 Å². The normalized spacial score (nSPS) is 9.69. The number of ether oxygens (including phenoxy) is 1. The Kier molecular flexibility index (Phi) is 2.36. The van der Waals surface area contributed by atoms with Crippen LogP contribution in [0.3, 0.4) is 0 Å². The van der Waals surface area contributed by atoms with E-state index >= 15 is 0 Å². The van der Waals surface area contributed by atoms with Crippen molar-refractivity contribution in [2.75, 3.05) is 5.73 Å². The second-order valence-corrected chi connectivity index (χ2v) is 2.59. The van der Waals surface area contributed by atoms with E-state index < -0.39 is 11.9 Å². The number of benzene rings is 1. The van der Waals surface area contributed by atoms with Crippen LogP contribution >= 0.6 is 0 Å². The topological polar surface area (TPSA) is 78.3 Å². The Hall–Kier alpha value is -1.78. The molecule has 0 radical (unpaired) electrons. The predicted octanol–water partition coefficient (Wildman–Crippen LogP) is 1.17. The zero-order valence-corrected chi connectivity index (χ0v) is 7.00. The number of primary amides is 1. The van der Waals surface area contributed by atoms with Crippen LogP contribution in [-0.2, 0) is 0 Å². The lowest BCUT2D eigenvalue weighted by Crippen LogP contribution is -2.17. The predicted molar refractivity (Wildman–Crippen MR) is 45.8 cm³/mol. The molecule has 4 nitrogen and oxygen atoms in total. The standard InChI is InChI=1S/C8H9FN2O2/c1-4-2-5(9)7(6(10)3-4)13-8(11)12/h2-3H,10H2,1H3,(H2,11,12). The van der Waals surface area contributed by atoms with Crippen molar-refractivity contribution >= 4 is 11.8 Å². The number of amides is 1. The van der Waals surface area contributed by atoms with E-state index in [0.717, 1.165) is 0 Å². The van der Waals surface area contributed by atoms with Crippen LogP contribution in [0.4, 0.5) is 14.9 Å². The first kappa shape index (κ1) is 9.31. The minimum Gasteiger partial charge on any atom is -0.405 e. The number of hydrogen-bond acceptors (Lipinski definition) is 3. The second kappa shape index (κ2) is 3.30. The molecule has 1 rings (SSSR count). The Morgan fingerprint density at radius 1 is 1.54 bits per heavy atom. The molecular formula is C8H9FN2O2. The van der Waals surface area contributed by atoms with Gasteiger partial charge in [0.05, 0.1) is 5.69 Å². The highest BCUT2D eigenvalue weighted by Crippen LogP contribution is 2.26. The Labute approximate surface area is 74.3 Å². The Bertz CT molecular complexity index is 329. The van der Waals surface area contributed by atoms with Crippen molar-refractivity contribution in [1.82, 2.24) is 0 Å². The molecule has 0 unspecified atom stereocenters. The summed E-state index contributed by atoms with van der Waals surface area (Å²) in [5, 5.41) is 0. The molecule has 1 aromatic rings.